The fraction of sp³-hybridized carbons (Fsp3) is 0.158. The van der Waals surface area contributed by atoms with Gasteiger partial charge in [-0.25, -0.2) is 4.98 Å². The molecule has 120 valence electrons. The van der Waals surface area contributed by atoms with Gasteiger partial charge in [-0.1, -0.05) is 24.3 Å². The van der Waals surface area contributed by atoms with E-state index in [9.17, 15) is 4.79 Å². The van der Waals surface area contributed by atoms with Crippen molar-refractivity contribution in [1.29, 1.82) is 0 Å². The Morgan fingerprint density at radius 2 is 2.04 bits per heavy atom. The Bertz CT molecular complexity index is 982. The van der Waals surface area contributed by atoms with Crippen LogP contribution in [0.15, 0.2) is 65.3 Å². The molecule has 4 aromatic rings. The highest BCUT2D eigenvalue weighted by molar-refractivity contribution is 5.96. The third-order valence-corrected chi connectivity index (χ3v) is 4.15. The van der Waals surface area contributed by atoms with Gasteiger partial charge in [0, 0.05) is 18.1 Å². The Morgan fingerprint density at radius 3 is 2.88 bits per heavy atom. The third kappa shape index (κ3) is 2.44. The first-order valence-corrected chi connectivity index (χ1v) is 7.95. The molecule has 0 spiro atoms. The van der Waals surface area contributed by atoms with Gasteiger partial charge in [0.2, 0.25) is 0 Å². The van der Waals surface area contributed by atoms with Crippen LogP contribution >= 0.6 is 0 Å². The van der Waals surface area contributed by atoms with Crippen molar-refractivity contribution in [3.8, 4) is 0 Å². The topological polar surface area (TPSA) is 50.8 Å². The first kappa shape index (κ1) is 14.5. The number of carbonyl (C=O) groups is 1. The van der Waals surface area contributed by atoms with Gasteiger partial charge in [-0.15, -0.1) is 0 Å². The second kappa shape index (κ2) is 5.85. The third-order valence-electron chi connectivity index (χ3n) is 4.15. The molecule has 3 aromatic heterocycles. The van der Waals surface area contributed by atoms with Gasteiger partial charge in [0.05, 0.1) is 18.4 Å². The lowest BCUT2D eigenvalue weighted by Gasteiger charge is -2.19. The number of fused-ring (bicyclic) bond motifs is 2. The number of para-hydroxylation sites is 1. The van der Waals surface area contributed by atoms with Crippen LogP contribution in [0.5, 0.6) is 0 Å². The lowest BCUT2D eigenvalue weighted by atomic mass is 10.2. The lowest BCUT2D eigenvalue weighted by molar-refractivity contribution is 0.0720. The number of nitrogens with zero attached hydrogens (tertiary/aromatic N) is 3. The second-order valence-corrected chi connectivity index (χ2v) is 5.65. The molecule has 3 heterocycles. The van der Waals surface area contributed by atoms with Crippen molar-refractivity contribution in [2.45, 2.75) is 13.5 Å². The van der Waals surface area contributed by atoms with Crippen LogP contribution in [-0.4, -0.2) is 26.7 Å². The van der Waals surface area contributed by atoms with Gasteiger partial charge in [-0.05, 0) is 31.2 Å². The second-order valence-electron chi connectivity index (χ2n) is 5.65. The number of carbonyl (C=O) groups excluding carboxylic acids is 1. The summed E-state index contributed by atoms with van der Waals surface area (Å²) in [6.07, 6.45) is 3.76. The number of imidazole rings is 1. The predicted octanol–water partition coefficient (Wildman–Crippen LogP) is 3.74. The van der Waals surface area contributed by atoms with Gasteiger partial charge in [0.25, 0.3) is 5.91 Å². The maximum Gasteiger partial charge on any atom is 0.289 e. The highest BCUT2D eigenvalue weighted by atomic mass is 16.3. The van der Waals surface area contributed by atoms with Gasteiger partial charge >= 0.3 is 0 Å². The maximum absolute atomic E-state index is 12.8. The van der Waals surface area contributed by atoms with Crippen molar-refractivity contribution in [2.24, 2.45) is 0 Å². The van der Waals surface area contributed by atoms with Crippen molar-refractivity contribution in [1.82, 2.24) is 14.3 Å². The zero-order valence-corrected chi connectivity index (χ0v) is 13.3. The first-order valence-electron chi connectivity index (χ1n) is 7.95. The normalized spacial score (nSPS) is 11.2. The van der Waals surface area contributed by atoms with Crippen molar-refractivity contribution >= 4 is 22.5 Å². The summed E-state index contributed by atoms with van der Waals surface area (Å²) in [4.78, 5) is 18.9. The van der Waals surface area contributed by atoms with Crippen molar-refractivity contribution < 1.29 is 9.21 Å². The molecule has 0 aliphatic carbocycles. The molecule has 1 aromatic carbocycles. The van der Waals surface area contributed by atoms with Crippen LogP contribution in [0.3, 0.4) is 0 Å². The molecule has 0 N–H and O–H groups in total. The molecule has 0 saturated carbocycles. The number of aromatic nitrogens is 2. The average molecular weight is 319 g/mol. The molecule has 0 aliphatic heterocycles. The summed E-state index contributed by atoms with van der Waals surface area (Å²) < 4.78 is 7.70. The Labute approximate surface area is 139 Å². The maximum atomic E-state index is 12.8. The van der Waals surface area contributed by atoms with Gasteiger partial charge < -0.3 is 13.7 Å². The molecule has 1 amide bonds. The molecule has 0 radical (unpaired) electrons. The van der Waals surface area contributed by atoms with Crippen LogP contribution in [0.4, 0.5) is 0 Å². The van der Waals surface area contributed by atoms with E-state index in [1.807, 2.05) is 66.2 Å². The minimum atomic E-state index is -0.111. The van der Waals surface area contributed by atoms with E-state index in [0.717, 1.165) is 22.3 Å². The molecule has 5 nitrogen and oxygen atoms in total. The molecule has 0 bridgehead atoms. The van der Waals surface area contributed by atoms with Crippen LogP contribution in [0.1, 0.15) is 23.2 Å². The molecule has 24 heavy (non-hydrogen) atoms. The summed E-state index contributed by atoms with van der Waals surface area (Å²) in [5, 5.41) is 0.937. The van der Waals surface area contributed by atoms with E-state index in [-0.39, 0.29) is 5.91 Å². The SMILES string of the molecule is CCN(Cc1cnc2ccccn12)C(=O)c1cc2ccccc2o1. The van der Waals surface area contributed by atoms with Gasteiger partial charge in [0.15, 0.2) is 5.76 Å². The molecule has 0 saturated heterocycles. The number of hydrogen-bond donors (Lipinski definition) is 0. The van der Waals surface area contributed by atoms with Crippen molar-refractivity contribution in [2.75, 3.05) is 6.54 Å². The van der Waals surface area contributed by atoms with Gasteiger partial charge in [-0.2, -0.15) is 0 Å². The Kier molecular flexibility index (Phi) is 3.54. The van der Waals surface area contributed by atoms with E-state index >= 15 is 0 Å². The summed E-state index contributed by atoms with van der Waals surface area (Å²) in [6, 6.07) is 15.3. The summed E-state index contributed by atoms with van der Waals surface area (Å²) in [5.74, 6) is 0.256. The monoisotopic (exact) mass is 319 g/mol. The molecule has 0 atom stereocenters. The highest BCUT2D eigenvalue weighted by Crippen LogP contribution is 2.21. The zero-order valence-electron chi connectivity index (χ0n) is 13.3. The molecule has 4 rings (SSSR count). The minimum Gasteiger partial charge on any atom is -0.451 e. The molecular weight excluding hydrogens is 302 g/mol. The Balaban J connectivity index is 1.64. The highest BCUT2D eigenvalue weighted by Gasteiger charge is 2.20. The number of amides is 1. The lowest BCUT2D eigenvalue weighted by Crippen LogP contribution is -2.30. The van der Waals surface area contributed by atoms with Crippen LogP contribution in [-0.2, 0) is 6.54 Å². The van der Waals surface area contributed by atoms with Crippen LogP contribution in [0.25, 0.3) is 16.6 Å². The zero-order chi connectivity index (χ0) is 16.5. The summed E-state index contributed by atoms with van der Waals surface area (Å²) in [7, 11) is 0. The minimum absolute atomic E-state index is 0.111. The fourth-order valence-corrected chi connectivity index (χ4v) is 2.87. The number of benzene rings is 1. The number of hydrogen-bond acceptors (Lipinski definition) is 3. The molecule has 0 fully saturated rings. The van der Waals surface area contributed by atoms with Crippen LogP contribution in [0.2, 0.25) is 0 Å². The summed E-state index contributed by atoms with van der Waals surface area (Å²) in [6.45, 7) is 3.04. The quantitative estimate of drug-likeness (QED) is 0.576. The average Bonchev–Trinajstić information content (AvgIpc) is 3.23. The smallest absolute Gasteiger partial charge is 0.289 e. The van der Waals surface area contributed by atoms with Crippen LogP contribution in [0, 0.1) is 0 Å². The van der Waals surface area contributed by atoms with Crippen molar-refractivity contribution in [3.63, 3.8) is 0 Å². The van der Waals surface area contributed by atoms with E-state index < -0.39 is 0 Å². The molecule has 0 aliphatic rings. The van der Waals surface area contributed by atoms with E-state index in [1.54, 1.807) is 11.0 Å². The largest absolute Gasteiger partial charge is 0.451 e. The van der Waals surface area contributed by atoms with E-state index in [0.29, 0.717) is 18.8 Å². The van der Waals surface area contributed by atoms with E-state index in [4.69, 9.17) is 4.42 Å². The summed E-state index contributed by atoms with van der Waals surface area (Å²) >= 11 is 0. The number of furan rings is 1. The molecule has 5 heteroatoms. The predicted molar refractivity (Wildman–Crippen MR) is 91.8 cm³/mol. The number of pyridine rings is 1. The first-order chi connectivity index (χ1) is 11.8. The van der Waals surface area contributed by atoms with E-state index in [1.165, 1.54) is 0 Å². The van der Waals surface area contributed by atoms with Gasteiger partial charge in [-0.3, -0.25) is 4.79 Å². The summed E-state index contributed by atoms with van der Waals surface area (Å²) in [5.41, 5.74) is 2.57. The molecule has 0 unspecified atom stereocenters. The van der Waals surface area contributed by atoms with E-state index in [2.05, 4.69) is 4.98 Å². The standard InChI is InChI=1S/C19H17N3O2/c1-2-21(13-15-12-20-18-9-5-6-10-22(15)18)19(23)17-11-14-7-3-4-8-16(14)24-17/h3-12H,2,13H2,1H3. The van der Waals surface area contributed by atoms with Crippen molar-refractivity contribution in [3.05, 3.63) is 72.4 Å². The van der Waals surface area contributed by atoms with Crippen LogP contribution < -0.4 is 0 Å². The Hall–Kier alpha value is -3.08. The molecular formula is C19H17N3O2. The Morgan fingerprint density at radius 1 is 1.21 bits per heavy atom. The van der Waals surface area contributed by atoms with Gasteiger partial charge in [0.1, 0.15) is 11.2 Å². The number of rotatable bonds is 4. The fourth-order valence-electron chi connectivity index (χ4n) is 2.87.